The molecular weight excluding hydrogens is 390 g/mol. The maximum Gasteiger partial charge on any atom is 0.311 e. The molecule has 0 aliphatic carbocycles. The van der Waals surface area contributed by atoms with Crippen LogP contribution in [0.4, 0.5) is 11.4 Å². The smallest absolute Gasteiger partial charge is 0.311 e. The number of aryl methyl sites for hydroxylation is 1. The zero-order valence-electron chi connectivity index (χ0n) is 16.3. The van der Waals surface area contributed by atoms with Gasteiger partial charge >= 0.3 is 5.69 Å². The molecule has 1 atom stereocenters. The number of nitrogens with zero attached hydrogens (tertiary/aromatic N) is 3. The van der Waals surface area contributed by atoms with Crippen molar-refractivity contribution in [2.24, 2.45) is 4.99 Å². The maximum absolute atomic E-state index is 13.0. The Morgan fingerprint density at radius 1 is 1.28 bits per heavy atom. The Balaban J connectivity index is 2.00. The van der Waals surface area contributed by atoms with E-state index in [1.54, 1.807) is 11.0 Å². The molecule has 0 unspecified atom stereocenters. The standard InChI is InChI=1S/C21H21N3O4S/c1-4-14(3)23-20(26)19(12-15-7-10-18(25)17(11-15)24(27)28)29-21(23)22-16-8-5-13(2)6-9-16/h5-12,14,25H,4H2,1-3H3/b19-12+,22-21?/t14-/m0/s1. The summed E-state index contributed by atoms with van der Waals surface area (Å²) in [5.41, 5.74) is 1.94. The van der Waals surface area contributed by atoms with E-state index in [1.807, 2.05) is 45.0 Å². The predicted molar refractivity (Wildman–Crippen MR) is 115 cm³/mol. The van der Waals surface area contributed by atoms with Crippen molar-refractivity contribution in [2.45, 2.75) is 33.2 Å². The maximum atomic E-state index is 13.0. The van der Waals surface area contributed by atoms with Gasteiger partial charge in [-0.1, -0.05) is 30.7 Å². The average Bonchev–Trinajstić information content (AvgIpc) is 2.99. The first kappa shape index (κ1) is 20.6. The largest absolute Gasteiger partial charge is 0.502 e. The van der Waals surface area contributed by atoms with E-state index in [2.05, 4.69) is 4.99 Å². The number of aliphatic imine (C=N–C) groups is 1. The summed E-state index contributed by atoms with van der Waals surface area (Å²) in [5.74, 6) is -0.601. The number of carbonyl (C=O) groups excluding carboxylic acids is 1. The lowest BCUT2D eigenvalue weighted by atomic mass is 10.1. The third-order valence-corrected chi connectivity index (χ3v) is 5.60. The molecule has 0 saturated carbocycles. The number of amides is 1. The fourth-order valence-corrected chi connectivity index (χ4v) is 3.88. The van der Waals surface area contributed by atoms with Crippen molar-refractivity contribution >= 4 is 40.3 Å². The SMILES string of the molecule is CC[C@H](C)N1C(=O)/C(=C\c2ccc(O)c([N+](=O)[O-])c2)SC1=Nc1ccc(C)cc1. The first-order valence-electron chi connectivity index (χ1n) is 9.16. The molecule has 1 aliphatic rings. The van der Waals surface area contributed by atoms with Crippen LogP contribution in [0.3, 0.4) is 0 Å². The Hall–Kier alpha value is -3.13. The molecule has 1 fully saturated rings. The molecule has 1 amide bonds. The normalized spacial score (nSPS) is 17.9. The quantitative estimate of drug-likeness (QED) is 0.424. The number of phenols is 1. The second-order valence-corrected chi connectivity index (χ2v) is 7.79. The summed E-state index contributed by atoms with van der Waals surface area (Å²) in [7, 11) is 0. The minimum Gasteiger partial charge on any atom is -0.502 e. The molecular formula is C21H21N3O4S. The number of nitro benzene ring substituents is 1. The first-order valence-corrected chi connectivity index (χ1v) is 9.97. The molecule has 0 spiro atoms. The minimum absolute atomic E-state index is 0.0424. The van der Waals surface area contributed by atoms with E-state index in [4.69, 9.17) is 0 Å². The van der Waals surface area contributed by atoms with Gasteiger partial charge in [-0.3, -0.25) is 19.8 Å². The number of thioether (sulfide) groups is 1. The number of benzene rings is 2. The molecule has 0 aromatic heterocycles. The molecule has 29 heavy (non-hydrogen) atoms. The summed E-state index contributed by atoms with van der Waals surface area (Å²) in [4.78, 5) is 30.2. The van der Waals surface area contributed by atoms with Gasteiger partial charge in [-0.25, -0.2) is 4.99 Å². The highest BCUT2D eigenvalue weighted by atomic mass is 32.2. The summed E-state index contributed by atoms with van der Waals surface area (Å²) in [6, 6.07) is 11.7. The van der Waals surface area contributed by atoms with Gasteiger partial charge in [0.25, 0.3) is 5.91 Å². The summed E-state index contributed by atoms with van der Waals surface area (Å²) in [5, 5.41) is 21.3. The zero-order chi connectivity index (χ0) is 21.1. The van der Waals surface area contributed by atoms with Gasteiger partial charge in [-0.2, -0.15) is 0 Å². The van der Waals surface area contributed by atoms with E-state index in [-0.39, 0.29) is 11.9 Å². The van der Waals surface area contributed by atoms with Crippen molar-refractivity contribution in [3.8, 4) is 5.75 Å². The van der Waals surface area contributed by atoms with Gasteiger partial charge in [-0.05, 0) is 61.9 Å². The number of hydrogen-bond donors (Lipinski definition) is 1. The topological polar surface area (TPSA) is 96.0 Å². The van der Waals surface area contributed by atoms with E-state index >= 15 is 0 Å². The number of nitro groups is 1. The van der Waals surface area contributed by atoms with E-state index in [0.717, 1.165) is 17.7 Å². The molecule has 150 valence electrons. The van der Waals surface area contributed by atoms with E-state index < -0.39 is 16.4 Å². The van der Waals surface area contributed by atoms with Gasteiger partial charge in [0, 0.05) is 12.1 Å². The fourth-order valence-electron chi connectivity index (χ4n) is 2.79. The Kier molecular flexibility index (Phi) is 6.03. The number of carbonyl (C=O) groups is 1. The van der Waals surface area contributed by atoms with Gasteiger partial charge in [0.1, 0.15) is 0 Å². The third-order valence-electron chi connectivity index (χ3n) is 4.62. The van der Waals surface area contributed by atoms with Crippen molar-refractivity contribution in [1.29, 1.82) is 0 Å². The van der Waals surface area contributed by atoms with Crippen molar-refractivity contribution in [3.63, 3.8) is 0 Å². The number of aromatic hydroxyl groups is 1. The number of amidine groups is 1. The van der Waals surface area contributed by atoms with Gasteiger partial charge in [0.05, 0.1) is 15.5 Å². The molecule has 8 heteroatoms. The lowest BCUT2D eigenvalue weighted by Crippen LogP contribution is -2.36. The van der Waals surface area contributed by atoms with Crippen LogP contribution in [0.2, 0.25) is 0 Å². The van der Waals surface area contributed by atoms with Crippen LogP contribution < -0.4 is 0 Å². The van der Waals surface area contributed by atoms with Crippen molar-refractivity contribution in [2.75, 3.05) is 0 Å². The van der Waals surface area contributed by atoms with Gasteiger partial charge in [0.15, 0.2) is 10.9 Å². The molecule has 3 rings (SSSR count). The second-order valence-electron chi connectivity index (χ2n) is 6.78. The Labute approximate surface area is 172 Å². The first-order chi connectivity index (χ1) is 13.8. The van der Waals surface area contributed by atoms with Crippen LogP contribution in [0.5, 0.6) is 5.75 Å². The molecule has 1 aliphatic heterocycles. The Morgan fingerprint density at radius 2 is 1.97 bits per heavy atom. The van der Waals surface area contributed by atoms with Crippen molar-refractivity contribution in [3.05, 3.63) is 68.6 Å². The molecule has 0 bridgehead atoms. The Morgan fingerprint density at radius 3 is 2.59 bits per heavy atom. The van der Waals surface area contributed by atoms with Crippen LogP contribution in [-0.2, 0) is 4.79 Å². The second kappa shape index (κ2) is 8.48. The predicted octanol–water partition coefficient (Wildman–Crippen LogP) is 5.01. The van der Waals surface area contributed by atoms with Gasteiger partial charge in [0.2, 0.25) is 0 Å². The monoisotopic (exact) mass is 411 g/mol. The molecule has 1 N–H and O–H groups in total. The van der Waals surface area contributed by atoms with E-state index in [0.29, 0.717) is 15.6 Å². The van der Waals surface area contributed by atoms with Crippen molar-refractivity contribution < 1.29 is 14.8 Å². The van der Waals surface area contributed by atoms with Gasteiger partial charge in [-0.15, -0.1) is 0 Å². The molecule has 7 nitrogen and oxygen atoms in total. The number of hydrogen-bond acceptors (Lipinski definition) is 6. The molecule has 2 aromatic rings. The van der Waals surface area contributed by atoms with Crippen LogP contribution in [-0.4, -0.2) is 32.0 Å². The lowest BCUT2D eigenvalue weighted by molar-refractivity contribution is -0.385. The van der Waals surface area contributed by atoms with Crippen molar-refractivity contribution in [1.82, 2.24) is 4.90 Å². The van der Waals surface area contributed by atoms with E-state index in [9.17, 15) is 20.0 Å². The average molecular weight is 411 g/mol. The summed E-state index contributed by atoms with van der Waals surface area (Å²) in [6.45, 7) is 5.95. The number of rotatable bonds is 5. The molecule has 1 saturated heterocycles. The van der Waals surface area contributed by atoms with Crippen LogP contribution in [0.15, 0.2) is 52.4 Å². The van der Waals surface area contributed by atoms with Crippen LogP contribution in [0.1, 0.15) is 31.4 Å². The van der Waals surface area contributed by atoms with Crippen LogP contribution in [0.25, 0.3) is 6.08 Å². The van der Waals surface area contributed by atoms with E-state index in [1.165, 1.54) is 30.0 Å². The van der Waals surface area contributed by atoms with Gasteiger partial charge < -0.3 is 5.11 Å². The molecule has 0 radical (unpaired) electrons. The molecule has 1 heterocycles. The Bertz CT molecular complexity index is 1020. The highest BCUT2D eigenvalue weighted by Crippen LogP contribution is 2.37. The van der Waals surface area contributed by atoms with Crippen LogP contribution >= 0.6 is 11.8 Å². The number of phenolic OH excluding ortho intramolecular Hbond substituents is 1. The highest BCUT2D eigenvalue weighted by Gasteiger charge is 2.36. The third kappa shape index (κ3) is 4.48. The molecule has 2 aromatic carbocycles. The van der Waals surface area contributed by atoms with Crippen LogP contribution in [0, 0.1) is 17.0 Å². The summed E-state index contributed by atoms with van der Waals surface area (Å²) < 4.78 is 0. The zero-order valence-corrected chi connectivity index (χ0v) is 17.1. The highest BCUT2D eigenvalue weighted by molar-refractivity contribution is 8.18. The fraction of sp³-hybridized carbons (Fsp3) is 0.238. The minimum atomic E-state index is -0.656. The summed E-state index contributed by atoms with van der Waals surface area (Å²) >= 11 is 1.24. The lowest BCUT2D eigenvalue weighted by Gasteiger charge is -2.22. The summed E-state index contributed by atoms with van der Waals surface area (Å²) in [6.07, 6.45) is 2.35.